The van der Waals surface area contributed by atoms with Gasteiger partial charge in [0.2, 0.25) is 15.9 Å². The van der Waals surface area contributed by atoms with Gasteiger partial charge in [0.1, 0.15) is 12.4 Å². The lowest BCUT2D eigenvalue weighted by Crippen LogP contribution is -2.28. The zero-order valence-corrected chi connectivity index (χ0v) is 18.0. The monoisotopic (exact) mass is 481 g/mol. The minimum atomic E-state index is -3.87. The molecule has 0 radical (unpaired) electrons. The summed E-state index contributed by atoms with van der Waals surface area (Å²) in [6.07, 6.45) is 0. The van der Waals surface area contributed by atoms with Crippen LogP contribution in [0.25, 0.3) is 17.0 Å². The number of nitrogens with one attached hydrogen (secondary N) is 1. The summed E-state index contributed by atoms with van der Waals surface area (Å²) in [7, 11) is -3.87. The first-order valence-corrected chi connectivity index (χ1v) is 11.1. The van der Waals surface area contributed by atoms with Crippen molar-refractivity contribution < 1.29 is 17.5 Å². The lowest BCUT2D eigenvalue weighted by Gasteiger charge is -2.09. The van der Waals surface area contributed by atoms with Gasteiger partial charge >= 0.3 is 0 Å². The molecule has 0 amide bonds. The van der Waals surface area contributed by atoms with Crippen LogP contribution in [0.5, 0.6) is 5.88 Å². The predicted octanol–water partition coefficient (Wildman–Crippen LogP) is 3.59. The number of sulfonamides is 1. The van der Waals surface area contributed by atoms with Crippen LogP contribution in [0.3, 0.4) is 0 Å². The van der Waals surface area contributed by atoms with Crippen molar-refractivity contribution in [3.8, 4) is 17.3 Å². The van der Waals surface area contributed by atoms with Crippen LogP contribution in [0.2, 0.25) is 10.0 Å². The van der Waals surface area contributed by atoms with Crippen LogP contribution >= 0.6 is 23.2 Å². The third-order valence-electron chi connectivity index (χ3n) is 4.20. The Kier molecular flexibility index (Phi) is 6.05. The van der Waals surface area contributed by atoms with Crippen molar-refractivity contribution in [1.29, 1.82) is 0 Å². The Hall–Kier alpha value is -2.79. The Morgan fingerprint density at radius 3 is 2.61 bits per heavy atom. The maximum absolute atomic E-state index is 13.2. The number of benzene rings is 2. The fourth-order valence-corrected chi connectivity index (χ4v) is 4.22. The molecule has 0 saturated carbocycles. The molecule has 2 heterocycles. The Labute approximate surface area is 186 Å². The highest BCUT2D eigenvalue weighted by Crippen LogP contribution is 2.26. The fraction of sp³-hybridized carbons (Fsp3) is 0.105. The molecule has 0 saturated heterocycles. The Bertz CT molecular complexity index is 1360. The van der Waals surface area contributed by atoms with Gasteiger partial charge in [-0.3, -0.25) is 0 Å². The van der Waals surface area contributed by atoms with Crippen LogP contribution in [-0.4, -0.2) is 41.4 Å². The molecule has 0 spiro atoms. The zero-order valence-electron chi connectivity index (χ0n) is 15.7. The largest absolute Gasteiger partial charge is 0.475 e. The molecule has 12 heteroatoms. The van der Waals surface area contributed by atoms with Gasteiger partial charge in [0.25, 0.3) is 0 Å². The van der Waals surface area contributed by atoms with Crippen LogP contribution in [0, 0.1) is 5.82 Å². The summed E-state index contributed by atoms with van der Waals surface area (Å²) in [4.78, 5) is -0.146. The van der Waals surface area contributed by atoms with Gasteiger partial charge in [-0.2, -0.15) is 4.52 Å². The standard InChI is InChI=1S/C19H14Cl2FN5O3S/c20-14-4-2-1-3-13(14)19-25-24-17-7-8-18(26-27(17)19)30-10-9-23-31(28,29)12-5-6-16(22)15(21)11-12/h1-8,11,23H,9-10H2. The van der Waals surface area contributed by atoms with Crippen molar-refractivity contribution in [2.45, 2.75) is 4.90 Å². The highest BCUT2D eigenvalue weighted by atomic mass is 35.5. The molecule has 4 aromatic rings. The van der Waals surface area contributed by atoms with Crippen molar-refractivity contribution in [1.82, 2.24) is 24.5 Å². The SMILES string of the molecule is O=S(=O)(NCCOc1ccc2nnc(-c3ccccc3Cl)n2n1)c1ccc(F)c(Cl)c1. The number of aromatic nitrogens is 4. The molecule has 160 valence electrons. The van der Waals surface area contributed by atoms with E-state index in [-0.39, 0.29) is 28.9 Å². The van der Waals surface area contributed by atoms with Crippen molar-refractivity contribution in [2.24, 2.45) is 0 Å². The van der Waals surface area contributed by atoms with E-state index in [1.807, 2.05) is 6.07 Å². The Balaban J connectivity index is 1.44. The minimum Gasteiger partial charge on any atom is -0.475 e. The average molecular weight is 482 g/mol. The maximum atomic E-state index is 13.2. The molecular weight excluding hydrogens is 468 g/mol. The number of fused-ring (bicyclic) bond motifs is 1. The lowest BCUT2D eigenvalue weighted by molar-refractivity contribution is 0.306. The first-order chi connectivity index (χ1) is 14.8. The number of hydrogen-bond acceptors (Lipinski definition) is 6. The number of nitrogens with zero attached hydrogens (tertiary/aromatic N) is 4. The van der Waals surface area contributed by atoms with Crippen LogP contribution in [0.15, 0.2) is 59.5 Å². The third-order valence-corrected chi connectivity index (χ3v) is 6.28. The van der Waals surface area contributed by atoms with E-state index in [1.165, 1.54) is 4.52 Å². The molecule has 0 atom stereocenters. The molecule has 31 heavy (non-hydrogen) atoms. The number of halogens is 3. The maximum Gasteiger partial charge on any atom is 0.240 e. The van der Waals surface area contributed by atoms with E-state index >= 15 is 0 Å². The van der Waals surface area contributed by atoms with Crippen molar-refractivity contribution in [2.75, 3.05) is 13.2 Å². The van der Waals surface area contributed by atoms with E-state index in [2.05, 4.69) is 20.0 Å². The first kappa shape index (κ1) is 21.4. The highest BCUT2D eigenvalue weighted by molar-refractivity contribution is 7.89. The topological polar surface area (TPSA) is 98.5 Å². The summed E-state index contributed by atoms with van der Waals surface area (Å²) in [5.74, 6) is -0.0138. The molecular formula is C19H14Cl2FN5O3S. The molecule has 0 bridgehead atoms. The minimum absolute atomic E-state index is 0.00375. The van der Waals surface area contributed by atoms with E-state index in [0.717, 1.165) is 18.2 Å². The molecule has 2 aromatic heterocycles. The second-order valence-electron chi connectivity index (χ2n) is 6.27. The van der Waals surface area contributed by atoms with Gasteiger partial charge in [0.15, 0.2) is 11.5 Å². The molecule has 1 N–H and O–H groups in total. The summed E-state index contributed by atoms with van der Waals surface area (Å²) in [6.45, 7) is -0.0488. The summed E-state index contributed by atoms with van der Waals surface area (Å²) in [6, 6.07) is 13.6. The summed E-state index contributed by atoms with van der Waals surface area (Å²) in [5, 5.41) is 12.7. The van der Waals surface area contributed by atoms with Gasteiger partial charge in [0, 0.05) is 18.2 Å². The number of hydrogen-bond donors (Lipinski definition) is 1. The second-order valence-corrected chi connectivity index (χ2v) is 8.85. The van der Waals surface area contributed by atoms with E-state index < -0.39 is 15.8 Å². The van der Waals surface area contributed by atoms with Gasteiger partial charge in [-0.1, -0.05) is 35.3 Å². The predicted molar refractivity (Wildman–Crippen MR) is 113 cm³/mol. The van der Waals surface area contributed by atoms with Gasteiger partial charge in [-0.25, -0.2) is 17.5 Å². The molecule has 0 aliphatic rings. The van der Waals surface area contributed by atoms with Gasteiger partial charge in [-0.05, 0) is 36.4 Å². The lowest BCUT2D eigenvalue weighted by atomic mass is 10.2. The zero-order chi connectivity index (χ0) is 22.0. The summed E-state index contributed by atoms with van der Waals surface area (Å²) < 4.78 is 47.2. The fourth-order valence-electron chi connectivity index (χ4n) is 2.72. The molecule has 4 rings (SSSR count). The average Bonchev–Trinajstić information content (AvgIpc) is 3.16. The van der Waals surface area contributed by atoms with E-state index in [9.17, 15) is 12.8 Å². The van der Waals surface area contributed by atoms with Gasteiger partial charge < -0.3 is 4.74 Å². The van der Waals surface area contributed by atoms with Crippen LogP contribution in [0.4, 0.5) is 4.39 Å². The highest BCUT2D eigenvalue weighted by Gasteiger charge is 2.16. The second kappa shape index (κ2) is 8.75. The molecule has 0 fully saturated rings. The Morgan fingerprint density at radius 1 is 1.03 bits per heavy atom. The van der Waals surface area contributed by atoms with Gasteiger partial charge in [0.05, 0.1) is 14.9 Å². The number of ether oxygens (including phenoxy) is 1. The molecule has 0 aliphatic carbocycles. The van der Waals surface area contributed by atoms with Crippen molar-refractivity contribution >= 4 is 38.9 Å². The number of rotatable bonds is 7. The van der Waals surface area contributed by atoms with Crippen LogP contribution in [-0.2, 0) is 10.0 Å². The van der Waals surface area contributed by atoms with Crippen molar-refractivity contribution in [3.63, 3.8) is 0 Å². The summed E-state index contributed by atoms with van der Waals surface area (Å²) in [5.41, 5.74) is 1.16. The van der Waals surface area contributed by atoms with Crippen LogP contribution in [0.1, 0.15) is 0 Å². The summed E-state index contributed by atoms with van der Waals surface area (Å²) >= 11 is 11.9. The Morgan fingerprint density at radius 2 is 1.84 bits per heavy atom. The quantitative estimate of drug-likeness (QED) is 0.405. The van der Waals surface area contributed by atoms with Crippen LogP contribution < -0.4 is 9.46 Å². The normalized spacial score (nSPS) is 11.7. The molecule has 0 unspecified atom stereocenters. The first-order valence-electron chi connectivity index (χ1n) is 8.90. The van der Waals surface area contributed by atoms with Crippen molar-refractivity contribution in [3.05, 3.63) is 70.5 Å². The van der Waals surface area contributed by atoms with E-state index in [4.69, 9.17) is 27.9 Å². The molecule has 0 aliphatic heterocycles. The molecule has 8 nitrogen and oxygen atoms in total. The smallest absolute Gasteiger partial charge is 0.240 e. The third kappa shape index (κ3) is 4.62. The van der Waals surface area contributed by atoms with E-state index in [0.29, 0.717) is 22.1 Å². The van der Waals surface area contributed by atoms with Gasteiger partial charge in [-0.15, -0.1) is 15.3 Å². The molecule has 2 aromatic carbocycles. The van der Waals surface area contributed by atoms with E-state index in [1.54, 1.807) is 30.3 Å².